The van der Waals surface area contributed by atoms with E-state index in [9.17, 15) is 0 Å². The molecule has 12 heteroatoms. The zero-order chi connectivity index (χ0) is 88.2. The first-order valence-electron chi connectivity index (χ1n) is 46.0. The molecule has 6 aliphatic rings. The fourth-order valence-corrected chi connectivity index (χ4v) is 22.4. The molecule has 13 aromatic rings. The van der Waals surface area contributed by atoms with Crippen molar-refractivity contribution < 1.29 is 0 Å². The molecule has 0 spiro atoms. The summed E-state index contributed by atoms with van der Waals surface area (Å²) in [7, 11) is 0. The number of anilines is 13. The topological polar surface area (TPSA) is 77.5 Å². The van der Waals surface area contributed by atoms with E-state index < -0.39 is 0 Å². The number of pyridine rings is 4. The van der Waals surface area contributed by atoms with Crippen LogP contribution in [0.1, 0.15) is 194 Å². The van der Waals surface area contributed by atoms with Crippen molar-refractivity contribution in [1.29, 1.82) is 0 Å². The van der Waals surface area contributed by atoms with Crippen LogP contribution in [0.3, 0.4) is 0 Å². The lowest BCUT2D eigenvalue weighted by atomic mass is 9.93. The minimum absolute atomic E-state index is 0.127. The van der Waals surface area contributed by atoms with E-state index in [2.05, 4.69) is 411 Å². The van der Waals surface area contributed by atoms with Gasteiger partial charge in [0, 0.05) is 46.1 Å². The van der Waals surface area contributed by atoms with Crippen LogP contribution < -0.4 is 39.2 Å². The van der Waals surface area contributed by atoms with Crippen molar-refractivity contribution in [3.63, 3.8) is 0 Å². The monoisotopic (exact) mass is 1660 g/mol. The number of benzene rings is 9. The standard InChI is InChI=1S/C31H33N3.C29H35N3.C28H33N3.C25H29N3/c1-19-12-10-13-20(2)29(19)26-18-23(5)31(24(6)32-26)34-25(7)33(27-16-8-9-17-28(27)34)30-21(3)14-11-15-22(30)4;1-19-12-11-13-20(2)28(19)25-18-21(3)29(22(4)30-25)32-23(5)31(24-14-7-6-8-15-24)26-16-9-10-17-27(26)32;1-18-11-10-12-19(2)27(18)24-17-20(3)28(21(4)29-24)31-22(5)30(23-13-6-7-14-23)25-15-8-9-16-26(25)31;1-16(2)27-20(6)28(23-13-8-7-12-22(23)27)24-15-26-21(14-19(24)5)25-17(3)10-9-11-18(25)4/h8-18,25H,1-7H3;9-13,16-18,23-24H,6-8,14-15H2,1-5H3;8-12,15-17,22-23H,6-7,13-14H2,1-5H3;7-16,20H,1-6H3/t25-;23-;22-;20-/m1111/s1. The Morgan fingerprint density at radius 1 is 0.248 bits per heavy atom. The molecule has 2 fully saturated rings. The van der Waals surface area contributed by atoms with Crippen LogP contribution in [-0.2, 0) is 0 Å². The Balaban J connectivity index is 0.000000123. The zero-order valence-corrected chi connectivity index (χ0v) is 78.6. The Morgan fingerprint density at radius 2 is 0.520 bits per heavy atom. The number of rotatable bonds is 12. The van der Waals surface area contributed by atoms with Gasteiger partial charge in [0.05, 0.1) is 114 Å². The highest BCUT2D eigenvalue weighted by molar-refractivity contribution is 5.93. The molecule has 0 bridgehead atoms. The largest absolute Gasteiger partial charge is 0.347 e. The van der Waals surface area contributed by atoms with Gasteiger partial charge in [-0.3, -0.25) is 19.9 Å². The minimum Gasteiger partial charge on any atom is -0.347 e. The fraction of sp³-hybridized carbons (Fsp3) is 0.345. The molecular formula is C113H130N12. The summed E-state index contributed by atoms with van der Waals surface area (Å²) in [6, 6.07) is 78.5. The maximum atomic E-state index is 5.16. The molecule has 642 valence electrons. The van der Waals surface area contributed by atoms with E-state index in [1.807, 2.05) is 6.20 Å². The van der Waals surface area contributed by atoms with E-state index in [4.69, 9.17) is 19.9 Å². The maximum Gasteiger partial charge on any atom is 0.108 e. The van der Waals surface area contributed by atoms with Crippen LogP contribution >= 0.6 is 0 Å². The summed E-state index contributed by atoms with van der Waals surface area (Å²) in [5, 5.41) is 0. The molecule has 2 aliphatic carbocycles. The Kier molecular flexibility index (Phi) is 24.8. The molecule has 0 unspecified atom stereocenters. The average molecular weight is 1660 g/mol. The molecule has 0 radical (unpaired) electrons. The molecule has 12 nitrogen and oxygen atoms in total. The van der Waals surface area contributed by atoms with Crippen LogP contribution in [0.15, 0.2) is 219 Å². The third-order valence-electron chi connectivity index (χ3n) is 27.7. The molecule has 4 aliphatic heterocycles. The van der Waals surface area contributed by atoms with Crippen molar-refractivity contribution in [2.24, 2.45) is 0 Å². The van der Waals surface area contributed by atoms with E-state index in [1.165, 1.54) is 232 Å². The van der Waals surface area contributed by atoms with Gasteiger partial charge in [-0.25, -0.2) is 0 Å². The van der Waals surface area contributed by atoms with E-state index in [0.29, 0.717) is 30.5 Å². The Bertz CT molecular complexity index is 6010. The van der Waals surface area contributed by atoms with Crippen molar-refractivity contribution in [2.45, 2.75) is 260 Å². The fourth-order valence-electron chi connectivity index (χ4n) is 22.4. The van der Waals surface area contributed by atoms with Crippen LogP contribution in [-0.4, -0.2) is 62.7 Å². The Hall–Kier alpha value is -12.0. The summed E-state index contributed by atoms with van der Waals surface area (Å²) < 4.78 is 0. The number of hydrogen-bond acceptors (Lipinski definition) is 12. The number of fused-ring (bicyclic) bond motifs is 4. The summed E-state index contributed by atoms with van der Waals surface area (Å²) >= 11 is 0. The second-order valence-electron chi connectivity index (χ2n) is 36.8. The molecule has 8 heterocycles. The quantitative estimate of drug-likeness (QED) is 0.117. The second kappa shape index (κ2) is 35.9. The summed E-state index contributed by atoms with van der Waals surface area (Å²) in [5.41, 5.74) is 47.0. The molecule has 4 aromatic heterocycles. The molecule has 125 heavy (non-hydrogen) atoms. The molecule has 0 saturated heterocycles. The van der Waals surface area contributed by atoms with Crippen LogP contribution in [0, 0.1) is 118 Å². The van der Waals surface area contributed by atoms with Crippen molar-refractivity contribution in [2.75, 3.05) is 39.2 Å². The lowest BCUT2D eigenvalue weighted by molar-refractivity contribution is 0.400. The van der Waals surface area contributed by atoms with Crippen molar-refractivity contribution in [1.82, 2.24) is 19.9 Å². The van der Waals surface area contributed by atoms with Crippen molar-refractivity contribution in [3.8, 4) is 45.0 Å². The molecule has 9 aromatic carbocycles. The van der Waals surface area contributed by atoms with Crippen molar-refractivity contribution in [3.05, 3.63) is 313 Å². The molecule has 0 amide bonds. The van der Waals surface area contributed by atoms with Gasteiger partial charge in [0.2, 0.25) is 0 Å². The van der Waals surface area contributed by atoms with E-state index in [-0.39, 0.29) is 12.3 Å². The smallest absolute Gasteiger partial charge is 0.108 e. The van der Waals surface area contributed by atoms with Crippen LogP contribution in [0.25, 0.3) is 45.0 Å². The highest BCUT2D eigenvalue weighted by Gasteiger charge is 2.44. The highest BCUT2D eigenvalue weighted by atomic mass is 15.5. The van der Waals surface area contributed by atoms with Gasteiger partial charge in [-0.1, -0.05) is 172 Å². The van der Waals surface area contributed by atoms with Gasteiger partial charge in [0.15, 0.2) is 0 Å². The predicted octanol–water partition coefficient (Wildman–Crippen LogP) is 29.5. The first-order chi connectivity index (χ1) is 60.1. The number of nitrogens with zero attached hydrogens (tertiary/aromatic N) is 12. The third kappa shape index (κ3) is 16.1. The van der Waals surface area contributed by atoms with Gasteiger partial charge >= 0.3 is 0 Å². The lowest BCUT2D eigenvalue weighted by Gasteiger charge is -2.38. The second-order valence-corrected chi connectivity index (χ2v) is 36.8. The number of hydrogen-bond donors (Lipinski definition) is 0. The zero-order valence-electron chi connectivity index (χ0n) is 78.6. The van der Waals surface area contributed by atoms with E-state index in [1.54, 1.807) is 0 Å². The van der Waals surface area contributed by atoms with Gasteiger partial charge in [0.25, 0.3) is 0 Å². The van der Waals surface area contributed by atoms with Crippen LogP contribution in [0.4, 0.5) is 73.9 Å². The van der Waals surface area contributed by atoms with Gasteiger partial charge in [0.1, 0.15) is 24.7 Å². The molecule has 19 rings (SSSR count). The molecular weight excluding hydrogens is 1530 g/mol. The highest BCUT2D eigenvalue weighted by Crippen LogP contribution is 2.55. The maximum absolute atomic E-state index is 5.16. The average Bonchev–Trinajstić information content (AvgIpc) is 1.59. The summed E-state index contributed by atoms with van der Waals surface area (Å²) in [5.74, 6) is 0. The van der Waals surface area contributed by atoms with Gasteiger partial charge < -0.3 is 39.2 Å². The SMILES string of the molecule is Cc1cc(-c2c(C)cccc2C)ncc1N1c2ccccc2N(C(C)C)[C@H]1C.Cc1cccc(C)c1-c1cc(C)c(N2c3ccccc3N(C3CCCC3)[C@H]2C)c(C)n1.Cc1cccc(C)c1-c1cc(C)c(N2c3ccccc3N(C3CCCCC3)[C@H]2C)c(C)n1.Cc1cccc(C)c1-c1cc(C)c(N2c3ccccc3N(c3c(C)cccc3C)[C@H]2C)c(C)n1. The molecule has 2 saturated carbocycles. The minimum atomic E-state index is 0.127. The van der Waals surface area contributed by atoms with Gasteiger partial charge in [-0.2, -0.15) is 0 Å². The summed E-state index contributed by atoms with van der Waals surface area (Å²) in [4.78, 5) is 40.6. The van der Waals surface area contributed by atoms with Gasteiger partial charge in [-0.15, -0.1) is 0 Å². The summed E-state index contributed by atoms with van der Waals surface area (Å²) in [6.07, 6.45) is 15.0. The molecule has 0 N–H and O–H groups in total. The first kappa shape index (κ1) is 86.5. The predicted molar refractivity (Wildman–Crippen MR) is 532 cm³/mol. The summed E-state index contributed by atoms with van der Waals surface area (Å²) in [6.45, 7) is 51.0. The number of para-hydroxylation sites is 9. The number of aryl methyl sites for hydroxylation is 17. The number of aromatic nitrogens is 4. The van der Waals surface area contributed by atoms with E-state index in [0.717, 1.165) is 39.9 Å². The van der Waals surface area contributed by atoms with Crippen LogP contribution in [0.5, 0.6) is 0 Å². The normalized spacial score (nSPS) is 17.2. The third-order valence-corrected chi connectivity index (χ3v) is 27.7. The van der Waals surface area contributed by atoms with E-state index >= 15 is 0 Å². The lowest BCUT2D eigenvalue weighted by Crippen LogP contribution is -2.46. The van der Waals surface area contributed by atoms with Crippen molar-refractivity contribution >= 4 is 73.9 Å². The van der Waals surface area contributed by atoms with Crippen LogP contribution in [0.2, 0.25) is 0 Å². The Morgan fingerprint density at radius 3 is 0.848 bits per heavy atom. The molecule has 4 atom stereocenters. The van der Waals surface area contributed by atoms with Gasteiger partial charge in [-0.05, 0) is 336 Å². The Labute approximate surface area is 746 Å². The first-order valence-corrected chi connectivity index (χ1v) is 46.0.